The lowest BCUT2D eigenvalue weighted by Crippen LogP contribution is -2.07. The summed E-state index contributed by atoms with van der Waals surface area (Å²) in [7, 11) is 0. The fourth-order valence-electron chi connectivity index (χ4n) is 1.53. The van der Waals surface area contributed by atoms with E-state index in [1.807, 2.05) is 13.8 Å². The summed E-state index contributed by atoms with van der Waals surface area (Å²) >= 11 is 0. The van der Waals surface area contributed by atoms with Gasteiger partial charge in [0.15, 0.2) is 0 Å². The summed E-state index contributed by atoms with van der Waals surface area (Å²) in [5, 5.41) is 9.55. The third kappa shape index (κ3) is 2.98. The first kappa shape index (κ1) is 11.6. The number of hydrogen-bond acceptors (Lipinski definition) is 3. The summed E-state index contributed by atoms with van der Waals surface area (Å²) in [6.45, 7) is 5.81. The molecule has 0 atom stereocenters. The molecule has 82 valence electrons. The Morgan fingerprint density at radius 1 is 1.33 bits per heavy atom. The van der Waals surface area contributed by atoms with Gasteiger partial charge in [0.05, 0.1) is 13.0 Å². The molecular formula is C12H16O3. The fraction of sp³-hybridized carbons (Fsp3) is 0.417. The Balaban J connectivity index is 2.83. The molecule has 0 bridgehead atoms. The number of benzene rings is 1. The molecule has 0 fully saturated rings. The largest absolute Gasteiger partial charge is 0.507 e. The Hall–Kier alpha value is -1.51. The van der Waals surface area contributed by atoms with Gasteiger partial charge in [0.25, 0.3) is 0 Å². The van der Waals surface area contributed by atoms with Crippen molar-refractivity contribution in [1.82, 2.24) is 0 Å². The first-order chi connectivity index (χ1) is 7.04. The van der Waals surface area contributed by atoms with Crippen molar-refractivity contribution in [3.63, 3.8) is 0 Å². The third-order valence-electron chi connectivity index (χ3n) is 2.20. The lowest BCUT2D eigenvalue weighted by molar-refractivity contribution is -0.142. The molecule has 0 spiro atoms. The van der Waals surface area contributed by atoms with Gasteiger partial charge in [-0.2, -0.15) is 0 Å². The van der Waals surface area contributed by atoms with Gasteiger partial charge in [-0.25, -0.2) is 0 Å². The standard InChI is InChI=1S/C12H16O3/c1-4-15-11(13)7-10-5-8(2)12(14)9(3)6-10/h5-6,14H,4,7H2,1-3H3. The Kier molecular flexibility index (Phi) is 3.72. The van der Waals surface area contributed by atoms with E-state index in [2.05, 4.69) is 0 Å². The van der Waals surface area contributed by atoms with E-state index in [-0.39, 0.29) is 12.4 Å². The van der Waals surface area contributed by atoms with Crippen LogP contribution in [0.3, 0.4) is 0 Å². The highest BCUT2D eigenvalue weighted by atomic mass is 16.5. The molecule has 0 aliphatic carbocycles. The molecule has 1 N–H and O–H groups in total. The Morgan fingerprint density at radius 2 is 1.87 bits per heavy atom. The van der Waals surface area contributed by atoms with Gasteiger partial charge in [0.2, 0.25) is 0 Å². The van der Waals surface area contributed by atoms with Gasteiger partial charge < -0.3 is 9.84 Å². The summed E-state index contributed by atoms with van der Waals surface area (Å²) in [5.41, 5.74) is 2.45. The molecule has 0 unspecified atom stereocenters. The van der Waals surface area contributed by atoms with Gasteiger partial charge in [0.1, 0.15) is 5.75 Å². The summed E-state index contributed by atoms with van der Waals surface area (Å²) in [5.74, 6) is 0.0598. The molecule has 1 aromatic rings. The van der Waals surface area contributed by atoms with Crippen molar-refractivity contribution >= 4 is 5.97 Å². The zero-order chi connectivity index (χ0) is 11.4. The summed E-state index contributed by atoms with van der Waals surface area (Å²) in [6.07, 6.45) is 0.260. The van der Waals surface area contributed by atoms with Crippen molar-refractivity contribution < 1.29 is 14.6 Å². The number of aryl methyl sites for hydroxylation is 2. The van der Waals surface area contributed by atoms with E-state index in [1.165, 1.54) is 0 Å². The smallest absolute Gasteiger partial charge is 0.310 e. The molecular weight excluding hydrogens is 192 g/mol. The normalized spacial score (nSPS) is 10.1. The molecule has 0 saturated heterocycles. The van der Waals surface area contributed by atoms with Crippen molar-refractivity contribution in [2.75, 3.05) is 6.61 Å². The van der Waals surface area contributed by atoms with Crippen molar-refractivity contribution in [3.05, 3.63) is 28.8 Å². The molecule has 0 aliphatic rings. The van der Waals surface area contributed by atoms with Gasteiger partial charge in [-0.1, -0.05) is 12.1 Å². The first-order valence-electron chi connectivity index (χ1n) is 4.99. The minimum absolute atomic E-state index is 0.234. The lowest BCUT2D eigenvalue weighted by Gasteiger charge is -2.07. The highest BCUT2D eigenvalue weighted by molar-refractivity contribution is 5.72. The highest BCUT2D eigenvalue weighted by Gasteiger charge is 2.07. The van der Waals surface area contributed by atoms with Gasteiger partial charge >= 0.3 is 5.97 Å². The van der Waals surface area contributed by atoms with E-state index in [4.69, 9.17) is 4.74 Å². The molecule has 0 aliphatic heterocycles. The number of aromatic hydroxyl groups is 1. The lowest BCUT2D eigenvalue weighted by atomic mass is 10.0. The molecule has 1 rings (SSSR count). The van der Waals surface area contributed by atoms with Gasteiger partial charge in [0, 0.05) is 0 Å². The van der Waals surface area contributed by atoms with Crippen LogP contribution in [0.25, 0.3) is 0 Å². The number of carbonyl (C=O) groups excluding carboxylic acids is 1. The Morgan fingerprint density at radius 3 is 2.33 bits per heavy atom. The number of phenols is 1. The van der Waals surface area contributed by atoms with Gasteiger partial charge in [-0.3, -0.25) is 4.79 Å². The van der Waals surface area contributed by atoms with Crippen LogP contribution >= 0.6 is 0 Å². The first-order valence-corrected chi connectivity index (χ1v) is 4.99. The predicted molar refractivity (Wildman–Crippen MR) is 57.9 cm³/mol. The van der Waals surface area contributed by atoms with E-state index in [9.17, 15) is 9.90 Å². The van der Waals surface area contributed by atoms with Crippen LogP contribution in [-0.2, 0) is 16.0 Å². The van der Waals surface area contributed by atoms with Crippen LogP contribution in [0.4, 0.5) is 0 Å². The minimum atomic E-state index is -0.234. The molecule has 0 saturated carbocycles. The van der Waals surface area contributed by atoms with Crippen molar-refractivity contribution in [2.24, 2.45) is 0 Å². The van der Waals surface area contributed by atoms with Crippen LogP contribution in [0.15, 0.2) is 12.1 Å². The monoisotopic (exact) mass is 208 g/mol. The maximum absolute atomic E-state index is 11.2. The topological polar surface area (TPSA) is 46.5 Å². The van der Waals surface area contributed by atoms with Crippen LogP contribution in [0.5, 0.6) is 5.75 Å². The molecule has 0 radical (unpaired) electrons. The van der Waals surface area contributed by atoms with E-state index >= 15 is 0 Å². The van der Waals surface area contributed by atoms with Crippen LogP contribution in [0, 0.1) is 13.8 Å². The maximum atomic E-state index is 11.2. The third-order valence-corrected chi connectivity index (χ3v) is 2.20. The van der Waals surface area contributed by atoms with Crippen molar-refractivity contribution in [1.29, 1.82) is 0 Å². The summed E-state index contributed by atoms with van der Waals surface area (Å²) < 4.78 is 4.85. The quantitative estimate of drug-likeness (QED) is 0.774. The summed E-state index contributed by atoms with van der Waals surface area (Å²) in [6, 6.07) is 3.61. The van der Waals surface area contributed by atoms with Gasteiger partial charge in [-0.15, -0.1) is 0 Å². The van der Waals surface area contributed by atoms with Crippen LogP contribution < -0.4 is 0 Å². The maximum Gasteiger partial charge on any atom is 0.310 e. The molecule has 15 heavy (non-hydrogen) atoms. The van der Waals surface area contributed by atoms with E-state index < -0.39 is 0 Å². The molecule has 1 aromatic carbocycles. The molecule has 3 heteroatoms. The van der Waals surface area contributed by atoms with E-state index in [0.717, 1.165) is 16.7 Å². The number of phenolic OH excluding ortho intramolecular Hbond substituents is 1. The second-order valence-electron chi connectivity index (χ2n) is 3.56. The van der Waals surface area contributed by atoms with Crippen LogP contribution in [0.2, 0.25) is 0 Å². The average Bonchev–Trinajstić information content (AvgIpc) is 2.14. The number of hydrogen-bond donors (Lipinski definition) is 1. The number of ether oxygens (including phenoxy) is 1. The fourth-order valence-corrected chi connectivity index (χ4v) is 1.53. The Bertz CT molecular complexity index is 346. The second-order valence-corrected chi connectivity index (χ2v) is 3.56. The number of esters is 1. The highest BCUT2D eigenvalue weighted by Crippen LogP contribution is 2.23. The average molecular weight is 208 g/mol. The second kappa shape index (κ2) is 4.82. The van der Waals surface area contributed by atoms with Crippen molar-refractivity contribution in [3.8, 4) is 5.75 Å². The molecule has 0 aromatic heterocycles. The van der Waals surface area contributed by atoms with E-state index in [0.29, 0.717) is 12.4 Å². The van der Waals surface area contributed by atoms with E-state index in [1.54, 1.807) is 19.1 Å². The number of rotatable bonds is 3. The predicted octanol–water partition coefficient (Wildman–Crippen LogP) is 2.11. The molecule has 0 amide bonds. The number of carbonyl (C=O) groups is 1. The molecule has 0 heterocycles. The zero-order valence-electron chi connectivity index (χ0n) is 9.33. The minimum Gasteiger partial charge on any atom is -0.507 e. The van der Waals surface area contributed by atoms with Crippen molar-refractivity contribution in [2.45, 2.75) is 27.2 Å². The SMILES string of the molecule is CCOC(=O)Cc1cc(C)c(O)c(C)c1. The van der Waals surface area contributed by atoms with Crippen LogP contribution in [0.1, 0.15) is 23.6 Å². The summed E-state index contributed by atoms with van der Waals surface area (Å²) in [4.78, 5) is 11.2. The van der Waals surface area contributed by atoms with Crippen LogP contribution in [-0.4, -0.2) is 17.7 Å². The van der Waals surface area contributed by atoms with Gasteiger partial charge in [-0.05, 0) is 37.5 Å². The Labute approximate surface area is 89.7 Å². The molecule has 3 nitrogen and oxygen atoms in total. The zero-order valence-corrected chi connectivity index (χ0v) is 9.33.